The number of hydrogen-bond donors (Lipinski definition) is 1. The van der Waals surface area contributed by atoms with Gasteiger partial charge in [0.25, 0.3) is 0 Å². The minimum atomic E-state index is 0. The molecule has 23 heavy (non-hydrogen) atoms. The Hall–Kier alpha value is -0.200. The topological polar surface area (TPSA) is 31.4 Å². The van der Waals surface area contributed by atoms with Crippen molar-refractivity contribution in [2.24, 2.45) is 5.41 Å². The Kier molecular flexibility index (Phi) is 5.33. The second-order valence-electron chi connectivity index (χ2n) is 7.68. The first-order valence-corrected chi connectivity index (χ1v) is 9.60. The fourth-order valence-electron chi connectivity index (χ4n) is 4.27. The molecule has 1 atom stereocenters. The third-order valence-corrected chi connectivity index (χ3v) is 6.81. The fourth-order valence-corrected chi connectivity index (χ4v) is 5.46. The van der Waals surface area contributed by atoms with Gasteiger partial charge >= 0.3 is 0 Å². The van der Waals surface area contributed by atoms with Gasteiger partial charge in [-0.15, -0.1) is 23.7 Å². The standard InChI is InChI=1S/C17H28N4S.ClH/c1-13(2)21-7-3-14-15(9-21)22-16(19-14)10-20-8-5-17(12-20)4-6-18-11-17;/h13,18H,3-12H2,1-2H3;1H. The van der Waals surface area contributed by atoms with Crippen LogP contribution in [0, 0.1) is 5.41 Å². The summed E-state index contributed by atoms with van der Waals surface area (Å²) >= 11 is 1.96. The van der Waals surface area contributed by atoms with E-state index in [2.05, 4.69) is 29.0 Å². The first kappa shape index (κ1) is 17.6. The normalized spacial score (nSPS) is 28.5. The lowest BCUT2D eigenvalue weighted by molar-refractivity contribution is 0.204. The van der Waals surface area contributed by atoms with Gasteiger partial charge in [0.15, 0.2) is 0 Å². The highest BCUT2D eigenvalue weighted by Crippen LogP contribution is 2.37. The van der Waals surface area contributed by atoms with E-state index in [1.165, 1.54) is 61.1 Å². The molecule has 130 valence electrons. The summed E-state index contributed by atoms with van der Waals surface area (Å²) < 4.78 is 0. The van der Waals surface area contributed by atoms with E-state index >= 15 is 0 Å². The van der Waals surface area contributed by atoms with E-state index in [1.54, 1.807) is 0 Å². The first-order valence-electron chi connectivity index (χ1n) is 8.78. The average Bonchev–Trinajstić information content (AvgIpc) is 3.19. The van der Waals surface area contributed by atoms with Gasteiger partial charge in [-0.2, -0.15) is 0 Å². The molecule has 0 aliphatic carbocycles. The van der Waals surface area contributed by atoms with Crippen molar-refractivity contribution >= 4 is 23.7 Å². The maximum absolute atomic E-state index is 4.96. The van der Waals surface area contributed by atoms with E-state index < -0.39 is 0 Å². The first-order chi connectivity index (χ1) is 10.6. The number of likely N-dealkylation sites (tertiary alicyclic amines) is 1. The summed E-state index contributed by atoms with van der Waals surface area (Å²) in [6, 6.07) is 0.645. The zero-order valence-corrected chi connectivity index (χ0v) is 15.9. The molecular formula is C17H29ClN4S. The molecule has 0 radical (unpaired) electrons. The van der Waals surface area contributed by atoms with Gasteiger partial charge in [0, 0.05) is 43.5 Å². The van der Waals surface area contributed by atoms with Crippen molar-refractivity contribution in [3.05, 3.63) is 15.6 Å². The molecule has 6 heteroatoms. The number of rotatable bonds is 3. The molecule has 4 nitrogen and oxygen atoms in total. The average molecular weight is 357 g/mol. The summed E-state index contributed by atoms with van der Waals surface area (Å²) in [4.78, 5) is 11.7. The maximum atomic E-state index is 4.96. The second kappa shape index (κ2) is 6.96. The van der Waals surface area contributed by atoms with Crippen LogP contribution in [0.1, 0.15) is 42.3 Å². The highest BCUT2D eigenvalue weighted by molar-refractivity contribution is 7.11. The van der Waals surface area contributed by atoms with E-state index in [4.69, 9.17) is 4.98 Å². The summed E-state index contributed by atoms with van der Waals surface area (Å²) in [5.74, 6) is 0. The lowest BCUT2D eigenvalue weighted by Crippen LogP contribution is -2.35. The summed E-state index contributed by atoms with van der Waals surface area (Å²) in [6.07, 6.45) is 3.87. The minimum Gasteiger partial charge on any atom is -0.316 e. The van der Waals surface area contributed by atoms with Gasteiger partial charge in [-0.3, -0.25) is 9.80 Å². The SMILES string of the molecule is CC(C)N1CCc2nc(CN3CCC4(CCNC4)C3)sc2C1.Cl. The Morgan fingerprint density at radius 3 is 2.91 bits per heavy atom. The Labute approximate surface area is 150 Å². The van der Waals surface area contributed by atoms with Crippen molar-refractivity contribution in [1.82, 2.24) is 20.1 Å². The van der Waals surface area contributed by atoms with Crippen LogP contribution >= 0.6 is 23.7 Å². The summed E-state index contributed by atoms with van der Waals surface area (Å²) in [7, 11) is 0. The van der Waals surface area contributed by atoms with E-state index in [9.17, 15) is 0 Å². The van der Waals surface area contributed by atoms with Crippen molar-refractivity contribution in [2.75, 3.05) is 32.7 Å². The van der Waals surface area contributed by atoms with Crippen LogP contribution in [0.25, 0.3) is 0 Å². The van der Waals surface area contributed by atoms with Crippen LogP contribution in [0.3, 0.4) is 0 Å². The van der Waals surface area contributed by atoms with Crippen LogP contribution in [0.2, 0.25) is 0 Å². The summed E-state index contributed by atoms with van der Waals surface area (Å²) in [6.45, 7) is 12.9. The molecule has 1 unspecified atom stereocenters. The molecule has 2 saturated heterocycles. The fraction of sp³-hybridized carbons (Fsp3) is 0.824. The molecule has 4 rings (SSSR count). The van der Waals surface area contributed by atoms with Crippen molar-refractivity contribution in [1.29, 1.82) is 0 Å². The Balaban J connectivity index is 0.00000156. The van der Waals surface area contributed by atoms with Crippen molar-refractivity contribution in [2.45, 2.75) is 52.2 Å². The molecule has 0 saturated carbocycles. The monoisotopic (exact) mass is 356 g/mol. The van der Waals surface area contributed by atoms with Gasteiger partial charge in [0.2, 0.25) is 0 Å². The molecule has 0 bridgehead atoms. The third-order valence-electron chi connectivity index (χ3n) is 5.74. The predicted molar refractivity (Wildman–Crippen MR) is 98.4 cm³/mol. The largest absolute Gasteiger partial charge is 0.316 e. The molecule has 1 N–H and O–H groups in total. The molecule has 0 amide bonds. The maximum Gasteiger partial charge on any atom is 0.107 e. The molecule has 1 spiro atoms. The van der Waals surface area contributed by atoms with Gasteiger partial charge in [-0.25, -0.2) is 4.98 Å². The smallest absolute Gasteiger partial charge is 0.107 e. The molecule has 0 aromatic carbocycles. The van der Waals surface area contributed by atoms with Gasteiger partial charge in [0.1, 0.15) is 5.01 Å². The quantitative estimate of drug-likeness (QED) is 0.901. The van der Waals surface area contributed by atoms with E-state index in [1.807, 2.05) is 11.3 Å². The highest BCUT2D eigenvalue weighted by atomic mass is 35.5. The van der Waals surface area contributed by atoms with E-state index in [0.29, 0.717) is 11.5 Å². The number of aromatic nitrogens is 1. The lowest BCUT2D eigenvalue weighted by Gasteiger charge is -2.29. The molecule has 2 fully saturated rings. The van der Waals surface area contributed by atoms with Crippen LogP contribution in [0.4, 0.5) is 0 Å². The highest BCUT2D eigenvalue weighted by Gasteiger charge is 2.40. The number of nitrogens with one attached hydrogen (secondary N) is 1. The minimum absolute atomic E-state index is 0. The van der Waals surface area contributed by atoms with Crippen molar-refractivity contribution < 1.29 is 0 Å². The number of hydrogen-bond acceptors (Lipinski definition) is 5. The van der Waals surface area contributed by atoms with Gasteiger partial charge in [0.05, 0.1) is 12.2 Å². The van der Waals surface area contributed by atoms with Crippen molar-refractivity contribution in [3.63, 3.8) is 0 Å². The van der Waals surface area contributed by atoms with E-state index in [-0.39, 0.29) is 12.4 Å². The van der Waals surface area contributed by atoms with Crippen LogP contribution in [0.5, 0.6) is 0 Å². The Bertz CT molecular complexity index is 539. The van der Waals surface area contributed by atoms with Gasteiger partial charge in [-0.1, -0.05) is 0 Å². The van der Waals surface area contributed by atoms with Gasteiger partial charge in [-0.05, 0) is 45.2 Å². The lowest BCUT2D eigenvalue weighted by atomic mass is 9.87. The number of fused-ring (bicyclic) bond motifs is 1. The zero-order valence-electron chi connectivity index (χ0n) is 14.3. The number of nitrogens with zero attached hydrogens (tertiary/aromatic N) is 3. The summed E-state index contributed by atoms with van der Waals surface area (Å²) in [5, 5.41) is 4.90. The van der Waals surface area contributed by atoms with E-state index in [0.717, 1.165) is 19.5 Å². The number of halogens is 1. The summed E-state index contributed by atoms with van der Waals surface area (Å²) in [5.41, 5.74) is 1.96. The Morgan fingerprint density at radius 1 is 1.30 bits per heavy atom. The molecule has 1 aromatic rings. The molecule has 4 heterocycles. The molecule has 1 aromatic heterocycles. The van der Waals surface area contributed by atoms with Crippen LogP contribution < -0.4 is 5.32 Å². The van der Waals surface area contributed by atoms with Crippen molar-refractivity contribution in [3.8, 4) is 0 Å². The number of thiazole rings is 1. The zero-order chi connectivity index (χ0) is 15.2. The second-order valence-corrected chi connectivity index (χ2v) is 8.85. The Morgan fingerprint density at radius 2 is 2.17 bits per heavy atom. The predicted octanol–water partition coefficient (Wildman–Crippen LogP) is 2.52. The molecular weight excluding hydrogens is 328 g/mol. The molecule has 3 aliphatic heterocycles. The third kappa shape index (κ3) is 3.59. The van der Waals surface area contributed by atoms with Gasteiger partial charge < -0.3 is 5.32 Å². The molecule has 3 aliphatic rings. The van der Waals surface area contributed by atoms with Crippen LogP contribution in [-0.2, 0) is 19.5 Å². The van der Waals surface area contributed by atoms with Crippen LogP contribution in [0.15, 0.2) is 0 Å². The van der Waals surface area contributed by atoms with Crippen LogP contribution in [-0.4, -0.2) is 53.5 Å².